The Hall–Kier alpha value is -1.07. The SMILES string of the molecule is Br.CCCNC1CCc2c(ccc(O)c2NC=O)C1. The standard InChI is InChI=1S/C14H20N2O2.BrH/c1-2-7-15-11-4-5-12-10(8-11)3-6-13(18)14(12)16-9-17;/h3,6,9,11,15,18H,2,4-5,7-8H2,1H3,(H,16,17);1H. The average Bonchev–Trinajstić information content (AvgIpc) is 2.39. The number of benzene rings is 1. The molecule has 5 heteroatoms. The number of carbonyl (C=O) groups excluding carboxylic acids is 1. The monoisotopic (exact) mass is 328 g/mol. The molecular weight excluding hydrogens is 308 g/mol. The van der Waals surface area contributed by atoms with Crippen molar-refractivity contribution < 1.29 is 9.90 Å². The predicted octanol–water partition coefficient (Wildman–Crippen LogP) is 2.40. The Balaban J connectivity index is 0.00000180. The molecule has 1 aliphatic rings. The van der Waals surface area contributed by atoms with Gasteiger partial charge >= 0.3 is 0 Å². The van der Waals surface area contributed by atoms with E-state index in [-0.39, 0.29) is 22.7 Å². The fourth-order valence-corrected chi connectivity index (χ4v) is 2.58. The molecule has 106 valence electrons. The van der Waals surface area contributed by atoms with Crippen LogP contribution in [0.1, 0.15) is 30.9 Å². The van der Waals surface area contributed by atoms with Crippen LogP contribution in [0.15, 0.2) is 12.1 Å². The summed E-state index contributed by atoms with van der Waals surface area (Å²) in [6.07, 6.45) is 4.65. The van der Waals surface area contributed by atoms with Gasteiger partial charge in [0.25, 0.3) is 0 Å². The predicted molar refractivity (Wildman–Crippen MR) is 82.2 cm³/mol. The fourth-order valence-electron chi connectivity index (χ4n) is 2.58. The Kier molecular flexibility index (Phi) is 6.31. The Morgan fingerprint density at radius 1 is 1.47 bits per heavy atom. The highest BCUT2D eigenvalue weighted by Crippen LogP contribution is 2.34. The highest BCUT2D eigenvalue weighted by molar-refractivity contribution is 8.93. The molecule has 0 fully saturated rings. The highest BCUT2D eigenvalue weighted by atomic mass is 79.9. The second-order valence-corrected chi connectivity index (χ2v) is 4.75. The number of amides is 1. The summed E-state index contributed by atoms with van der Waals surface area (Å²) >= 11 is 0. The van der Waals surface area contributed by atoms with Gasteiger partial charge in [-0.15, -0.1) is 17.0 Å². The van der Waals surface area contributed by atoms with Gasteiger partial charge < -0.3 is 15.7 Å². The van der Waals surface area contributed by atoms with E-state index in [0.717, 1.165) is 37.8 Å². The first-order valence-corrected chi connectivity index (χ1v) is 6.53. The molecule has 1 aliphatic carbocycles. The topological polar surface area (TPSA) is 61.4 Å². The number of halogens is 1. The summed E-state index contributed by atoms with van der Waals surface area (Å²) in [5, 5.41) is 15.9. The Bertz CT molecular complexity index is 438. The summed E-state index contributed by atoms with van der Waals surface area (Å²) in [4.78, 5) is 10.6. The van der Waals surface area contributed by atoms with Crippen LogP contribution in [-0.4, -0.2) is 24.1 Å². The number of phenolic OH excluding ortho intramolecular Hbond substituents is 1. The van der Waals surface area contributed by atoms with Crippen molar-refractivity contribution >= 4 is 29.1 Å². The first-order chi connectivity index (χ1) is 8.76. The third kappa shape index (κ3) is 3.70. The van der Waals surface area contributed by atoms with Crippen molar-refractivity contribution in [1.82, 2.24) is 5.32 Å². The Labute approximate surface area is 124 Å². The van der Waals surface area contributed by atoms with Crippen molar-refractivity contribution in [1.29, 1.82) is 0 Å². The number of hydrogen-bond donors (Lipinski definition) is 3. The number of rotatable bonds is 5. The zero-order chi connectivity index (χ0) is 13.0. The summed E-state index contributed by atoms with van der Waals surface area (Å²) in [6, 6.07) is 4.12. The lowest BCUT2D eigenvalue weighted by Crippen LogP contribution is -2.35. The molecule has 0 radical (unpaired) electrons. The van der Waals surface area contributed by atoms with Gasteiger partial charge in [-0.05, 0) is 49.4 Å². The summed E-state index contributed by atoms with van der Waals surface area (Å²) in [5.41, 5.74) is 2.88. The van der Waals surface area contributed by atoms with E-state index in [1.165, 1.54) is 5.56 Å². The van der Waals surface area contributed by atoms with Crippen LogP contribution in [0.25, 0.3) is 0 Å². The number of aromatic hydroxyl groups is 1. The van der Waals surface area contributed by atoms with E-state index in [4.69, 9.17) is 0 Å². The highest BCUT2D eigenvalue weighted by Gasteiger charge is 2.21. The van der Waals surface area contributed by atoms with Crippen molar-refractivity contribution in [2.45, 2.75) is 38.6 Å². The van der Waals surface area contributed by atoms with E-state index >= 15 is 0 Å². The number of fused-ring (bicyclic) bond motifs is 1. The molecule has 4 nitrogen and oxygen atoms in total. The lowest BCUT2D eigenvalue weighted by Gasteiger charge is -2.27. The molecule has 1 atom stereocenters. The van der Waals surface area contributed by atoms with Crippen molar-refractivity contribution in [3.63, 3.8) is 0 Å². The smallest absolute Gasteiger partial charge is 0.211 e. The van der Waals surface area contributed by atoms with Crippen molar-refractivity contribution in [3.8, 4) is 5.75 Å². The van der Waals surface area contributed by atoms with Gasteiger partial charge in [-0.3, -0.25) is 4.79 Å². The van der Waals surface area contributed by atoms with Crippen molar-refractivity contribution in [2.24, 2.45) is 0 Å². The minimum Gasteiger partial charge on any atom is -0.506 e. The van der Waals surface area contributed by atoms with Gasteiger partial charge in [0.15, 0.2) is 0 Å². The summed E-state index contributed by atoms with van der Waals surface area (Å²) in [7, 11) is 0. The molecule has 1 aromatic rings. The summed E-state index contributed by atoms with van der Waals surface area (Å²) in [6.45, 7) is 3.20. The van der Waals surface area contributed by atoms with Crippen LogP contribution in [0.3, 0.4) is 0 Å². The van der Waals surface area contributed by atoms with E-state index in [1.807, 2.05) is 6.07 Å². The third-order valence-electron chi connectivity index (χ3n) is 3.48. The first kappa shape index (κ1) is 16.0. The van der Waals surface area contributed by atoms with Crippen molar-refractivity contribution in [2.75, 3.05) is 11.9 Å². The molecule has 0 heterocycles. The summed E-state index contributed by atoms with van der Waals surface area (Å²) in [5.74, 6) is 0.154. The average molecular weight is 329 g/mol. The largest absolute Gasteiger partial charge is 0.506 e. The molecule has 0 saturated carbocycles. The lowest BCUT2D eigenvalue weighted by molar-refractivity contribution is -0.105. The van der Waals surface area contributed by atoms with Gasteiger partial charge in [-0.25, -0.2) is 0 Å². The molecule has 1 amide bonds. The molecular formula is C14H21BrN2O2. The van der Waals surface area contributed by atoms with Crippen LogP contribution >= 0.6 is 17.0 Å². The Morgan fingerprint density at radius 3 is 2.95 bits per heavy atom. The minimum absolute atomic E-state index is 0. The molecule has 0 aromatic heterocycles. The minimum atomic E-state index is 0. The van der Waals surface area contributed by atoms with Gasteiger partial charge in [0.05, 0.1) is 5.69 Å². The van der Waals surface area contributed by atoms with E-state index in [0.29, 0.717) is 18.1 Å². The zero-order valence-corrected chi connectivity index (χ0v) is 12.8. The second kappa shape index (κ2) is 7.50. The van der Waals surface area contributed by atoms with Gasteiger partial charge in [0.1, 0.15) is 5.75 Å². The quantitative estimate of drug-likeness (QED) is 0.574. The maximum atomic E-state index is 10.6. The molecule has 1 aromatic carbocycles. The summed E-state index contributed by atoms with van der Waals surface area (Å²) < 4.78 is 0. The number of nitrogens with one attached hydrogen (secondary N) is 2. The van der Waals surface area contributed by atoms with Gasteiger partial charge in [0, 0.05) is 6.04 Å². The van der Waals surface area contributed by atoms with Crippen LogP contribution in [-0.2, 0) is 17.6 Å². The normalized spacial score (nSPS) is 17.2. The van der Waals surface area contributed by atoms with E-state index in [9.17, 15) is 9.90 Å². The zero-order valence-electron chi connectivity index (χ0n) is 11.1. The van der Waals surface area contributed by atoms with E-state index < -0.39 is 0 Å². The molecule has 0 bridgehead atoms. The molecule has 0 spiro atoms. The molecule has 3 N–H and O–H groups in total. The van der Waals surface area contributed by atoms with E-state index in [2.05, 4.69) is 17.6 Å². The maximum Gasteiger partial charge on any atom is 0.211 e. The van der Waals surface area contributed by atoms with Crippen LogP contribution in [0.2, 0.25) is 0 Å². The van der Waals surface area contributed by atoms with Crippen LogP contribution in [0.4, 0.5) is 5.69 Å². The fraction of sp³-hybridized carbons (Fsp3) is 0.500. The first-order valence-electron chi connectivity index (χ1n) is 6.53. The van der Waals surface area contributed by atoms with Crippen LogP contribution < -0.4 is 10.6 Å². The lowest BCUT2D eigenvalue weighted by atomic mass is 9.87. The van der Waals surface area contributed by atoms with Gasteiger partial charge in [-0.2, -0.15) is 0 Å². The number of carbonyl (C=O) groups is 1. The molecule has 19 heavy (non-hydrogen) atoms. The van der Waals surface area contributed by atoms with Crippen LogP contribution in [0.5, 0.6) is 5.75 Å². The Morgan fingerprint density at radius 2 is 2.26 bits per heavy atom. The van der Waals surface area contributed by atoms with Gasteiger partial charge in [-0.1, -0.05) is 13.0 Å². The van der Waals surface area contributed by atoms with E-state index in [1.54, 1.807) is 6.07 Å². The number of phenols is 1. The molecule has 1 unspecified atom stereocenters. The maximum absolute atomic E-state index is 10.6. The number of hydrogen-bond acceptors (Lipinski definition) is 3. The number of anilines is 1. The molecule has 0 aliphatic heterocycles. The molecule has 2 rings (SSSR count). The second-order valence-electron chi connectivity index (χ2n) is 4.75. The van der Waals surface area contributed by atoms with Crippen LogP contribution in [0, 0.1) is 0 Å². The van der Waals surface area contributed by atoms with Gasteiger partial charge in [0.2, 0.25) is 6.41 Å². The third-order valence-corrected chi connectivity index (χ3v) is 3.48. The molecule has 0 saturated heterocycles. The van der Waals surface area contributed by atoms with Crippen molar-refractivity contribution in [3.05, 3.63) is 23.3 Å².